The number of Topliss-reactive ketones (excluding diaryl/α,β-unsaturated/α-hetero) is 1. The number of fused-ring (bicyclic) bond motifs is 4. The number of carbonyl (C=O) groups is 1. The van der Waals surface area contributed by atoms with Crippen molar-refractivity contribution in [2.75, 3.05) is 12.8 Å². The fourth-order valence-corrected chi connectivity index (χ4v) is 4.61. The van der Waals surface area contributed by atoms with Crippen LogP contribution in [0.5, 0.6) is 5.75 Å². The maximum absolute atomic E-state index is 13.2. The highest BCUT2D eigenvalue weighted by Gasteiger charge is 2.41. The largest absolute Gasteiger partial charge is 0.497 e. The summed E-state index contributed by atoms with van der Waals surface area (Å²) in [5.74, 6) is 0.793. The lowest BCUT2D eigenvalue weighted by atomic mass is 9.68. The Hall–Kier alpha value is -3.34. The van der Waals surface area contributed by atoms with Gasteiger partial charge in [0.05, 0.1) is 35.0 Å². The van der Waals surface area contributed by atoms with Crippen molar-refractivity contribution in [2.45, 2.75) is 27.2 Å². The van der Waals surface area contributed by atoms with Crippen molar-refractivity contribution in [3.05, 3.63) is 59.8 Å². The molecule has 1 aliphatic rings. The van der Waals surface area contributed by atoms with E-state index in [1.807, 2.05) is 49.4 Å². The van der Waals surface area contributed by atoms with Gasteiger partial charge >= 0.3 is 0 Å². The summed E-state index contributed by atoms with van der Waals surface area (Å²) in [5.41, 5.74) is 11.3. The van der Waals surface area contributed by atoms with Gasteiger partial charge in [0.15, 0.2) is 5.78 Å². The highest BCUT2D eigenvalue weighted by molar-refractivity contribution is 6.19. The van der Waals surface area contributed by atoms with Gasteiger partial charge in [-0.05, 0) is 42.2 Å². The van der Waals surface area contributed by atoms with Crippen LogP contribution in [0.15, 0.2) is 48.5 Å². The molecular formula is C25H25N3O2. The SMILES string of the molecule is COc1ccc(-n2c3ccccc3c3c(N)c4c(nc32)CC(C)(C)C(C)C4=O)cc1. The van der Waals surface area contributed by atoms with Crippen LogP contribution in [0.2, 0.25) is 0 Å². The van der Waals surface area contributed by atoms with Gasteiger partial charge < -0.3 is 10.5 Å². The Bertz CT molecular complexity index is 1320. The normalized spacial score (nSPS) is 18.0. The number of methoxy groups -OCH3 is 1. The molecule has 0 bridgehead atoms. The average Bonchev–Trinajstić information content (AvgIpc) is 3.06. The number of carbonyl (C=O) groups excluding carboxylic acids is 1. The highest BCUT2D eigenvalue weighted by atomic mass is 16.5. The molecule has 0 amide bonds. The predicted octanol–water partition coefficient (Wildman–Crippen LogP) is 5.17. The fourth-order valence-electron chi connectivity index (χ4n) is 4.61. The van der Waals surface area contributed by atoms with E-state index in [4.69, 9.17) is 15.5 Å². The molecule has 1 aliphatic carbocycles. The molecule has 4 aromatic rings. The molecule has 0 fully saturated rings. The summed E-state index contributed by atoms with van der Waals surface area (Å²) in [4.78, 5) is 18.3. The molecule has 5 rings (SSSR count). The molecule has 1 atom stereocenters. The number of ketones is 1. The van der Waals surface area contributed by atoms with Crippen LogP contribution < -0.4 is 10.5 Å². The molecule has 0 radical (unpaired) electrons. The fraction of sp³-hybridized carbons (Fsp3) is 0.280. The summed E-state index contributed by atoms with van der Waals surface area (Å²) < 4.78 is 7.44. The van der Waals surface area contributed by atoms with Crippen molar-refractivity contribution < 1.29 is 9.53 Å². The highest BCUT2D eigenvalue weighted by Crippen LogP contribution is 2.44. The van der Waals surface area contributed by atoms with Crippen LogP contribution >= 0.6 is 0 Å². The molecule has 5 nitrogen and oxygen atoms in total. The number of aromatic nitrogens is 2. The third kappa shape index (κ3) is 2.48. The molecule has 2 aromatic heterocycles. The first-order chi connectivity index (χ1) is 14.3. The third-order valence-corrected chi connectivity index (χ3v) is 6.68. The second kappa shape index (κ2) is 6.33. The van der Waals surface area contributed by atoms with E-state index in [-0.39, 0.29) is 17.1 Å². The van der Waals surface area contributed by atoms with E-state index in [1.165, 1.54) is 0 Å². The van der Waals surface area contributed by atoms with Gasteiger partial charge in [-0.1, -0.05) is 39.0 Å². The number of nitrogens with zero attached hydrogens (tertiary/aromatic N) is 2. The number of benzene rings is 2. The quantitative estimate of drug-likeness (QED) is 0.505. The van der Waals surface area contributed by atoms with E-state index >= 15 is 0 Å². The predicted molar refractivity (Wildman–Crippen MR) is 121 cm³/mol. The number of hydrogen-bond acceptors (Lipinski definition) is 4. The topological polar surface area (TPSA) is 70.1 Å². The number of nitrogen functional groups attached to an aromatic ring is 1. The first-order valence-corrected chi connectivity index (χ1v) is 10.2. The minimum absolute atomic E-state index is 0.0921. The maximum Gasteiger partial charge on any atom is 0.170 e. The minimum atomic E-state index is -0.159. The minimum Gasteiger partial charge on any atom is -0.497 e. The summed E-state index contributed by atoms with van der Waals surface area (Å²) in [6, 6.07) is 16.0. The smallest absolute Gasteiger partial charge is 0.170 e. The van der Waals surface area contributed by atoms with Crippen molar-refractivity contribution in [3.8, 4) is 11.4 Å². The number of nitrogens with two attached hydrogens (primary N) is 1. The molecule has 30 heavy (non-hydrogen) atoms. The van der Waals surface area contributed by atoms with E-state index in [1.54, 1.807) is 7.11 Å². The van der Waals surface area contributed by atoms with Gasteiger partial charge in [-0.25, -0.2) is 4.98 Å². The van der Waals surface area contributed by atoms with Gasteiger partial charge in [0.25, 0.3) is 0 Å². The van der Waals surface area contributed by atoms with Crippen LogP contribution in [0.4, 0.5) is 5.69 Å². The summed E-state index contributed by atoms with van der Waals surface area (Å²) in [6.07, 6.45) is 0.722. The molecule has 2 heterocycles. The Morgan fingerprint density at radius 1 is 1.13 bits per heavy atom. The lowest BCUT2D eigenvalue weighted by molar-refractivity contribution is 0.0789. The zero-order valence-electron chi connectivity index (χ0n) is 17.7. The summed E-state index contributed by atoms with van der Waals surface area (Å²) in [7, 11) is 1.66. The van der Waals surface area contributed by atoms with E-state index in [2.05, 4.69) is 24.5 Å². The molecule has 0 aliphatic heterocycles. The number of anilines is 1. The van der Waals surface area contributed by atoms with Gasteiger partial charge in [-0.2, -0.15) is 0 Å². The molecule has 1 unspecified atom stereocenters. The third-order valence-electron chi connectivity index (χ3n) is 6.68. The first-order valence-electron chi connectivity index (χ1n) is 10.2. The summed E-state index contributed by atoms with van der Waals surface area (Å²) >= 11 is 0. The zero-order valence-corrected chi connectivity index (χ0v) is 17.7. The van der Waals surface area contributed by atoms with Crippen molar-refractivity contribution in [1.29, 1.82) is 0 Å². The molecule has 2 aromatic carbocycles. The van der Waals surface area contributed by atoms with Crippen molar-refractivity contribution in [1.82, 2.24) is 9.55 Å². The van der Waals surface area contributed by atoms with E-state index in [0.717, 1.165) is 45.5 Å². The first kappa shape index (κ1) is 18.7. The van der Waals surface area contributed by atoms with Crippen LogP contribution in [0, 0.1) is 11.3 Å². The molecule has 5 heteroatoms. The Morgan fingerprint density at radius 3 is 2.53 bits per heavy atom. The zero-order chi connectivity index (χ0) is 21.2. The second-order valence-electron chi connectivity index (χ2n) is 8.85. The van der Waals surface area contributed by atoms with Crippen molar-refractivity contribution in [2.24, 2.45) is 11.3 Å². The van der Waals surface area contributed by atoms with Gasteiger partial charge in [0, 0.05) is 17.0 Å². The Kier molecular flexibility index (Phi) is 3.94. The molecular weight excluding hydrogens is 374 g/mol. The van der Waals surface area contributed by atoms with Crippen LogP contribution in [0.25, 0.3) is 27.6 Å². The van der Waals surface area contributed by atoms with E-state index in [0.29, 0.717) is 11.3 Å². The number of hydrogen-bond donors (Lipinski definition) is 1. The number of rotatable bonds is 2. The number of ether oxygens (including phenoxy) is 1. The lowest BCUT2D eigenvalue weighted by Gasteiger charge is -2.36. The molecule has 152 valence electrons. The van der Waals surface area contributed by atoms with Crippen molar-refractivity contribution in [3.63, 3.8) is 0 Å². The molecule has 0 saturated heterocycles. The Morgan fingerprint density at radius 2 is 1.83 bits per heavy atom. The average molecular weight is 399 g/mol. The van der Waals surface area contributed by atoms with Gasteiger partial charge in [-0.15, -0.1) is 0 Å². The van der Waals surface area contributed by atoms with Gasteiger partial charge in [0.1, 0.15) is 11.4 Å². The summed E-state index contributed by atoms with van der Waals surface area (Å²) in [6.45, 7) is 6.24. The van der Waals surface area contributed by atoms with Crippen LogP contribution in [0.1, 0.15) is 36.8 Å². The standard InChI is InChI=1S/C25H25N3O2/c1-14-23(29)21-18(13-25(14,2)3)27-24-20(22(21)26)17-7-5-6-8-19(17)28(24)15-9-11-16(30-4)12-10-15/h5-12,14H,13H2,1-4H3,(H2,26,27). The van der Waals surface area contributed by atoms with E-state index in [9.17, 15) is 4.79 Å². The Balaban J connectivity index is 1.89. The number of pyridine rings is 1. The molecule has 2 N–H and O–H groups in total. The van der Waals surface area contributed by atoms with Crippen LogP contribution in [-0.2, 0) is 6.42 Å². The molecule has 0 spiro atoms. The number of para-hydroxylation sites is 1. The maximum atomic E-state index is 13.2. The second-order valence-corrected chi connectivity index (χ2v) is 8.85. The van der Waals surface area contributed by atoms with E-state index < -0.39 is 0 Å². The molecule has 0 saturated carbocycles. The van der Waals surface area contributed by atoms with Crippen LogP contribution in [0.3, 0.4) is 0 Å². The van der Waals surface area contributed by atoms with Gasteiger partial charge in [0.2, 0.25) is 0 Å². The van der Waals surface area contributed by atoms with Gasteiger partial charge in [-0.3, -0.25) is 9.36 Å². The summed E-state index contributed by atoms with van der Waals surface area (Å²) in [5, 5.41) is 1.85. The Labute approximate surface area is 175 Å². The monoisotopic (exact) mass is 399 g/mol. The van der Waals surface area contributed by atoms with Crippen molar-refractivity contribution >= 4 is 33.4 Å². The lowest BCUT2D eigenvalue weighted by Crippen LogP contribution is -2.37. The van der Waals surface area contributed by atoms with Crippen LogP contribution in [-0.4, -0.2) is 22.4 Å².